The minimum Gasteiger partial charge on any atom is -0.507 e. The number of carbonyl (C=O) groups excluding carboxylic acids is 1. The average molecular weight is 240 g/mol. The van der Waals surface area contributed by atoms with Gasteiger partial charge in [-0.05, 0) is 24.3 Å². The van der Waals surface area contributed by atoms with Crippen LogP contribution in [0.3, 0.4) is 0 Å². The molecule has 0 aliphatic rings. The monoisotopic (exact) mass is 240 g/mol. The molecule has 4 heteroatoms. The molecule has 0 heterocycles. The van der Waals surface area contributed by atoms with Crippen molar-refractivity contribution >= 4 is 17.8 Å². The van der Waals surface area contributed by atoms with E-state index in [1.165, 1.54) is 6.21 Å². The summed E-state index contributed by atoms with van der Waals surface area (Å²) in [6.45, 7) is 0. The summed E-state index contributed by atoms with van der Waals surface area (Å²) < 4.78 is 0. The first-order chi connectivity index (χ1) is 8.68. The van der Waals surface area contributed by atoms with Gasteiger partial charge in [0.2, 0.25) is 0 Å². The van der Waals surface area contributed by atoms with E-state index in [9.17, 15) is 9.90 Å². The Labute approximate surface area is 104 Å². The Kier molecular flexibility index (Phi) is 3.38. The number of primary amides is 1. The first-order valence-corrected chi connectivity index (χ1v) is 5.39. The third-order valence-electron chi connectivity index (χ3n) is 2.45. The normalized spacial score (nSPS) is 10.7. The number of nitrogens with zero attached hydrogens (tertiary/aromatic N) is 1. The van der Waals surface area contributed by atoms with Crippen LogP contribution < -0.4 is 5.73 Å². The number of aliphatic imine (C=N–C) groups is 1. The van der Waals surface area contributed by atoms with E-state index in [0.29, 0.717) is 16.8 Å². The third-order valence-corrected chi connectivity index (χ3v) is 2.45. The minimum atomic E-state index is -0.528. The molecule has 0 atom stereocenters. The molecule has 2 aromatic carbocycles. The Morgan fingerprint density at radius 2 is 1.78 bits per heavy atom. The molecular formula is C14H12N2O2. The molecule has 1 amide bonds. The second kappa shape index (κ2) is 5.14. The van der Waals surface area contributed by atoms with Crippen molar-refractivity contribution in [3.8, 4) is 5.75 Å². The summed E-state index contributed by atoms with van der Waals surface area (Å²) in [6.07, 6.45) is 1.50. The number of phenols is 1. The molecule has 0 saturated carbocycles. The van der Waals surface area contributed by atoms with Crippen LogP contribution in [-0.4, -0.2) is 17.2 Å². The highest BCUT2D eigenvalue weighted by Crippen LogP contribution is 2.19. The van der Waals surface area contributed by atoms with E-state index < -0.39 is 5.91 Å². The van der Waals surface area contributed by atoms with E-state index in [4.69, 9.17) is 5.73 Å². The number of hydrogen-bond acceptors (Lipinski definition) is 3. The Hall–Kier alpha value is -2.62. The Bertz CT molecular complexity index is 606. The number of hydrogen-bond donors (Lipinski definition) is 2. The maximum absolute atomic E-state index is 11.2. The van der Waals surface area contributed by atoms with Gasteiger partial charge in [-0.15, -0.1) is 0 Å². The van der Waals surface area contributed by atoms with Crippen LogP contribution in [0.15, 0.2) is 53.5 Å². The number of amides is 1. The molecule has 4 nitrogen and oxygen atoms in total. The van der Waals surface area contributed by atoms with E-state index in [1.807, 2.05) is 0 Å². The molecule has 3 N–H and O–H groups in total. The highest BCUT2D eigenvalue weighted by molar-refractivity contribution is 5.99. The molecule has 18 heavy (non-hydrogen) atoms. The lowest BCUT2D eigenvalue weighted by molar-refractivity contribution is 0.100. The van der Waals surface area contributed by atoms with Crippen molar-refractivity contribution in [2.45, 2.75) is 0 Å². The zero-order valence-corrected chi connectivity index (χ0v) is 9.58. The van der Waals surface area contributed by atoms with Crippen molar-refractivity contribution in [3.63, 3.8) is 0 Å². The minimum absolute atomic E-state index is 0.137. The second-order valence-corrected chi connectivity index (χ2v) is 3.70. The molecule has 0 aliphatic heterocycles. The van der Waals surface area contributed by atoms with Crippen LogP contribution in [-0.2, 0) is 0 Å². The van der Waals surface area contributed by atoms with E-state index >= 15 is 0 Å². The van der Waals surface area contributed by atoms with E-state index in [2.05, 4.69) is 4.99 Å². The third kappa shape index (κ3) is 2.55. The van der Waals surface area contributed by atoms with E-state index in [0.717, 1.165) is 0 Å². The Balaban J connectivity index is 2.35. The SMILES string of the molecule is NC(=O)c1ccccc1/N=C/c1ccccc1O. The predicted molar refractivity (Wildman–Crippen MR) is 70.3 cm³/mol. The lowest BCUT2D eigenvalue weighted by Crippen LogP contribution is -2.10. The fourth-order valence-corrected chi connectivity index (χ4v) is 1.53. The molecule has 0 spiro atoms. The zero-order chi connectivity index (χ0) is 13.0. The molecule has 0 aliphatic carbocycles. The van der Waals surface area contributed by atoms with Gasteiger partial charge in [-0.3, -0.25) is 9.79 Å². The maximum atomic E-state index is 11.2. The predicted octanol–water partition coefficient (Wildman–Crippen LogP) is 2.24. The number of para-hydroxylation sites is 2. The van der Waals surface area contributed by atoms with Crippen LogP contribution in [0, 0.1) is 0 Å². The molecule has 0 bridgehead atoms. The van der Waals surface area contributed by atoms with Gasteiger partial charge in [0.1, 0.15) is 5.75 Å². The fraction of sp³-hybridized carbons (Fsp3) is 0. The second-order valence-electron chi connectivity index (χ2n) is 3.70. The van der Waals surface area contributed by atoms with Gasteiger partial charge >= 0.3 is 0 Å². The van der Waals surface area contributed by atoms with Gasteiger partial charge < -0.3 is 10.8 Å². The van der Waals surface area contributed by atoms with Crippen molar-refractivity contribution in [2.75, 3.05) is 0 Å². The summed E-state index contributed by atoms with van der Waals surface area (Å²) in [6, 6.07) is 13.6. The first-order valence-electron chi connectivity index (χ1n) is 5.39. The number of nitrogens with two attached hydrogens (primary N) is 1. The molecular weight excluding hydrogens is 228 g/mol. The van der Waals surface area contributed by atoms with Crippen molar-refractivity contribution in [1.82, 2.24) is 0 Å². The maximum Gasteiger partial charge on any atom is 0.250 e. The van der Waals surface area contributed by atoms with Gasteiger partial charge in [-0.2, -0.15) is 0 Å². The van der Waals surface area contributed by atoms with Crippen LogP contribution in [0.1, 0.15) is 15.9 Å². The van der Waals surface area contributed by atoms with E-state index in [-0.39, 0.29) is 5.75 Å². The largest absolute Gasteiger partial charge is 0.507 e. The molecule has 0 radical (unpaired) electrons. The van der Waals surface area contributed by atoms with Crippen molar-refractivity contribution < 1.29 is 9.90 Å². The molecule has 0 saturated heterocycles. The van der Waals surface area contributed by atoms with Crippen molar-refractivity contribution in [3.05, 3.63) is 59.7 Å². The zero-order valence-electron chi connectivity index (χ0n) is 9.58. The van der Waals surface area contributed by atoms with Crippen LogP contribution in [0.2, 0.25) is 0 Å². The van der Waals surface area contributed by atoms with Crippen molar-refractivity contribution in [2.24, 2.45) is 10.7 Å². The van der Waals surface area contributed by atoms with Gasteiger partial charge in [0, 0.05) is 11.8 Å². The lowest BCUT2D eigenvalue weighted by Gasteiger charge is -2.01. The average Bonchev–Trinajstić information content (AvgIpc) is 2.38. The Morgan fingerprint density at radius 1 is 1.11 bits per heavy atom. The number of rotatable bonds is 3. The summed E-state index contributed by atoms with van der Waals surface area (Å²) >= 11 is 0. The highest BCUT2D eigenvalue weighted by atomic mass is 16.3. The Morgan fingerprint density at radius 3 is 2.50 bits per heavy atom. The topological polar surface area (TPSA) is 75.7 Å². The van der Waals surface area contributed by atoms with Crippen molar-refractivity contribution in [1.29, 1.82) is 0 Å². The molecule has 90 valence electrons. The molecule has 0 aromatic heterocycles. The number of benzene rings is 2. The highest BCUT2D eigenvalue weighted by Gasteiger charge is 2.05. The van der Waals surface area contributed by atoms with Crippen LogP contribution in [0.25, 0.3) is 0 Å². The summed E-state index contributed by atoms with van der Waals surface area (Å²) in [5.74, 6) is -0.391. The standard InChI is InChI=1S/C14H12N2O2/c15-14(18)11-6-2-3-7-12(11)16-9-10-5-1-4-8-13(10)17/h1-9,17H,(H2,15,18)/b16-9+. The van der Waals surface area contributed by atoms with E-state index in [1.54, 1.807) is 48.5 Å². The fourth-order valence-electron chi connectivity index (χ4n) is 1.53. The number of phenolic OH excluding ortho intramolecular Hbond substituents is 1. The van der Waals surface area contributed by atoms with Gasteiger partial charge in [-0.25, -0.2) is 0 Å². The van der Waals surface area contributed by atoms with Gasteiger partial charge in [0.25, 0.3) is 5.91 Å². The molecule has 0 unspecified atom stereocenters. The molecule has 2 rings (SSSR count). The van der Waals surface area contributed by atoms with Gasteiger partial charge in [-0.1, -0.05) is 24.3 Å². The summed E-state index contributed by atoms with van der Waals surface area (Å²) in [5, 5.41) is 9.58. The number of carbonyl (C=O) groups is 1. The van der Waals surface area contributed by atoms with Gasteiger partial charge in [0.15, 0.2) is 0 Å². The molecule has 2 aromatic rings. The van der Waals surface area contributed by atoms with Gasteiger partial charge in [0.05, 0.1) is 11.3 Å². The van der Waals surface area contributed by atoms with Crippen LogP contribution >= 0.6 is 0 Å². The smallest absolute Gasteiger partial charge is 0.250 e. The molecule has 0 fully saturated rings. The quantitative estimate of drug-likeness (QED) is 0.807. The number of aromatic hydroxyl groups is 1. The summed E-state index contributed by atoms with van der Waals surface area (Å²) in [4.78, 5) is 15.4. The first kappa shape index (κ1) is 11.9. The summed E-state index contributed by atoms with van der Waals surface area (Å²) in [5.41, 5.74) is 6.66. The summed E-state index contributed by atoms with van der Waals surface area (Å²) in [7, 11) is 0. The van der Waals surface area contributed by atoms with Crippen LogP contribution in [0.5, 0.6) is 5.75 Å². The lowest BCUT2D eigenvalue weighted by atomic mass is 10.1. The van der Waals surface area contributed by atoms with Crippen LogP contribution in [0.4, 0.5) is 5.69 Å².